The van der Waals surface area contributed by atoms with E-state index in [-0.39, 0.29) is 12.4 Å². The second-order valence-corrected chi connectivity index (χ2v) is 3.84. The minimum Gasteiger partial charge on any atom is -0.313 e. The topological polar surface area (TPSA) is 30.7 Å². The molecule has 0 saturated carbocycles. The standard InChI is InChI=1S/C10H9Cl2N3.ClH/c1-15-9(6-11)13-14-10(15)7-2-4-8(12)5-3-7;/h2-5H,6H2,1H3;1H. The summed E-state index contributed by atoms with van der Waals surface area (Å²) in [4.78, 5) is 0. The molecule has 2 aromatic rings. The van der Waals surface area contributed by atoms with Gasteiger partial charge in [0.1, 0.15) is 5.82 Å². The number of alkyl halides is 1. The van der Waals surface area contributed by atoms with Gasteiger partial charge in [-0.3, -0.25) is 0 Å². The number of aromatic nitrogens is 3. The van der Waals surface area contributed by atoms with Crippen LogP contribution in [0.3, 0.4) is 0 Å². The van der Waals surface area contributed by atoms with E-state index in [1.165, 1.54) is 0 Å². The largest absolute Gasteiger partial charge is 0.313 e. The van der Waals surface area contributed by atoms with Gasteiger partial charge in [-0.2, -0.15) is 0 Å². The Hall–Kier alpha value is -0.770. The van der Waals surface area contributed by atoms with Gasteiger partial charge in [0.2, 0.25) is 0 Å². The van der Waals surface area contributed by atoms with E-state index in [0.29, 0.717) is 10.9 Å². The lowest BCUT2D eigenvalue weighted by Crippen LogP contribution is -1.96. The molecule has 0 aliphatic rings. The van der Waals surface area contributed by atoms with E-state index in [2.05, 4.69) is 10.2 Å². The molecule has 16 heavy (non-hydrogen) atoms. The predicted octanol–water partition coefficient (Wildman–Crippen LogP) is 3.30. The van der Waals surface area contributed by atoms with E-state index in [0.717, 1.165) is 17.2 Å². The normalized spacial score (nSPS) is 9.94. The fourth-order valence-electron chi connectivity index (χ4n) is 1.33. The first-order valence-electron chi connectivity index (χ1n) is 4.42. The molecule has 1 heterocycles. The van der Waals surface area contributed by atoms with Gasteiger partial charge in [-0.25, -0.2) is 0 Å². The van der Waals surface area contributed by atoms with Crippen LogP contribution in [-0.4, -0.2) is 14.8 Å². The van der Waals surface area contributed by atoms with E-state index < -0.39 is 0 Å². The van der Waals surface area contributed by atoms with Crippen molar-refractivity contribution in [3.05, 3.63) is 35.1 Å². The summed E-state index contributed by atoms with van der Waals surface area (Å²) in [6, 6.07) is 7.46. The molecule has 0 bridgehead atoms. The molecule has 1 aromatic carbocycles. The second-order valence-electron chi connectivity index (χ2n) is 3.14. The van der Waals surface area contributed by atoms with Crippen LogP contribution < -0.4 is 0 Å². The first kappa shape index (κ1) is 13.3. The predicted molar refractivity (Wildman–Crippen MR) is 68.3 cm³/mol. The lowest BCUT2D eigenvalue weighted by Gasteiger charge is -2.01. The van der Waals surface area contributed by atoms with Crippen molar-refractivity contribution in [2.45, 2.75) is 5.88 Å². The highest BCUT2D eigenvalue weighted by Crippen LogP contribution is 2.20. The van der Waals surface area contributed by atoms with Crippen LogP contribution in [0.5, 0.6) is 0 Å². The number of halogens is 3. The quantitative estimate of drug-likeness (QED) is 0.789. The van der Waals surface area contributed by atoms with Crippen molar-refractivity contribution in [2.75, 3.05) is 0 Å². The molecule has 2 rings (SSSR count). The molecule has 0 unspecified atom stereocenters. The third-order valence-corrected chi connectivity index (χ3v) is 2.68. The van der Waals surface area contributed by atoms with Crippen LogP contribution in [0.4, 0.5) is 0 Å². The van der Waals surface area contributed by atoms with E-state index in [9.17, 15) is 0 Å². The molecular formula is C10H10Cl3N3. The Labute approximate surface area is 110 Å². The van der Waals surface area contributed by atoms with Gasteiger partial charge in [0.05, 0.1) is 5.88 Å². The van der Waals surface area contributed by atoms with Crippen LogP contribution in [-0.2, 0) is 12.9 Å². The van der Waals surface area contributed by atoms with Crippen molar-refractivity contribution >= 4 is 35.6 Å². The molecule has 0 fully saturated rings. The summed E-state index contributed by atoms with van der Waals surface area (Å²) in [5.41, 5.74) is 0.978. The Balaban J connectivity index is 0.00000128. The summed E-state index contributed by atoms with van der Waals surface area (Å²) in [7, 11) is 1.89. The second kappa shape index (κ2) is 5.53. The lowest BCUT2D eigenvalue weighted by molar-refractivity contribution is 0.853. The summed E-state index contributed by atoms with van der Waals surface area (Å²) >= 11 is 11.5. The molecule has 0 spiro atoms. The SMILES string of the molecule is Cl.Cn1c(CCl)nnc1-c1ccc(Cl)cc1. The van der Waals surface area contributed by atoms with Crippen LogP contribution in [0.15, 0.2) is 24.3 Å². The van der Waals surface area contributed by atoms with Crippen molar-refractivity contribution in [1.82, 2.24) is 14.8 Å². The maximum atomic E-state index is 5.81. The summed E-state index contributed by atoms with van der Waals surface area (Å²) in [6.45, 7) is 0. The van der Waals surface area contributed by atoms with Crippen molar-refractivity contribution in [1.29, 1.82) is 0 Å². The molecule has 6 heteroatoms. The van der Waals surface area contributed by atoms with Crippen molar-refractivity contribution < 1.29 is 0 Å². The Bertz CT molecular complexity index is 465. The number of hydrogen-bond acceptors (Lipinski definition) is 2. The van der Waals surface area contributed by atoms with Gasteiger partial charge >= 0.3 is 0 Å². The third kappa shape index (κ3) is 2.48. The van der Waals surface area contributed by atoms with E-state index in [1.807, 2.05) is 35.9 Å². The zero-order valence-corrected chi connectivity index (χ0v) is 10.9. The molecule has 0 saturated heterocycles. The molecule has 86 valence electrons. The van der Waals surface area contributed by atoms with E-state index >= 15 is 0 Å². The van der Waals surface area contributed by atoms with E-state index in [1.54, 1.807) is 0 Å². The van der Waals surface area contributed by atoms with Crippen LogP contribution in [0.25, 0.3) is 11.4 Å². The fraction of sp³-hybridized carbons (Fsp3) is 0.200. The van der Waals surface area contributed by atoms with Gasteiger partial charge in [0.25, 0.3) is 0 Å². The Kier molecular flexibility index (Phi) is 4.59. The summed E-state index contributed by atoms with van der Waals surface area (Å²) in [5.74, 6) is 1.90. The molecule has 0 aliphatic heterocycles. The van der Waals surface area contributed by atoms with Crippen LogP contribution in [0.1, 0.15) is 5.82 Å². The van der Waals surface area contributed by atoms with E-state index in [4.69, 9.17) is 23.2 Å². The highest BCUT2D eigenvalue weighted by molar-refractivity contribution is 6.30. The van der Waals surface area contributed by atoms with Crippen LogP contribution in [0, 0.1) is 0 Å². The molecule has 0 amide bonds. The maximum absolute atomic E-state index is 5.81. The van der Waals surface area contributed by atoms with Gasteiger partial charge in [0, 0.05) is 17.6 Å². The minimum absolute atomic E-state index is 0. The highest BCUT2D eigenvalue weighted by Gasteiger charge is 2.09. The fourth-order valence-corrected chi connectivity index (χ4v) is 1.69. The average Bonchev–Trinajstić information content (AvgIpc) is 2.61. The highest BCUT2D eigenvalue weighted by atomic mass is 35.5. The van der Waals surface area contributed by atoms with Gasteiger partial charge < -0.3 is 4.57 Å². The lowest BCUT2D eigenvalue weighted by atomic mass is 10.2. The Morgan fingerprint density at radius 3 is 2.31 bits per heavy atom. The molecule has 1 aromatic heterocycles. The van der Waals surface area contributed by atoms with Crippen LogP contribution >= 0.6 is 35.6 Å². The zero-order valence-electron chi connectivity index (χ0n) is 8.52. The number of nitrogens with zero attached hydrogens (tertiary/aromatic N) is 3. The monoisotopic (exact) mass is 277 g/mol. The van der Waals surface area contributed by atoms with Gasteiger partial charge in [-0.1, -0.05) is 11.6 Å². The number of rotatable bonds is 2. The first-order valence-corrected chi connectivity index (χ1v) is 5.34. The molecular weight excluding hydrogens is 268 g/mol. The molecule has 0 radical (unpaired) electrons. The summed E-state index contributed by atoms with van der Waals surface area (Å²) in [5, 5.41) is 8.76. The van der Waals surface area contributed by atoms with Crippen molar-refractivity contribution in [3.63, 3.8) is 0 Å². The average molecular weight is 279 g/mol. The molecule has 0 aliphatic carbocycles. The zero-order chi connectivity index (χ0) is 10.8. The maximum Gasteiger partial charge on any atom is 0.163 e. The Morgan fingerprint density at radius 1 is 1.19 bits per heavy atom. The van der Waals surface area contributed by atoms with Gasteiger partial charge in [-0.05, 0) is 24.3 Å². The summed E-state index contributed by atoms with van der Waals surface area (Å²) in [6.07, 6.45) is 0. The van der Waals surface area contributed by atoms with Crippen molar-refractivity contribution in [2.24, 2.45) is 7.05 Å². The van der Waals surface area contributed by atoms with Gasteiger partial charge in [0.15, 0.2) is 5.82 Å². The minimum atomic E-state index is 0. The van der Waals surface area contributed by atoms with Crippen molar-refractivity contribution in [3.8, 4) is 11.4 Å². The number of hydrogen-bond donors (Lipinski definition) is 0. The molecule has 3 nitrogen and oxygen atoms in total. The smallest absolute Gasteiger partial charge is 0.163 e. The Morgan fingerprint density at radius 2 is 1.81 bits per heavy atom. The third-order valence-electron chi connectivity index (χ3n) is 2.19. The summed E-state index contributed by atoms with van der Waals surface area (Å²) < 4.78 is 1.87. The first-order chi connectivity index (χ1) is 7.22. The molecule has 0 atom stereocenters. The number of benzene rings is 1. The van der Waals surface area contributed by atoms with Crippen LogP contribution in [0.2, 0.25) is 5.02 Å². The van der Waals surface area contributed by atoms with Gasteiger partial charge in [-0.15, -0.1) is 34.2 Å². The molecule has 0 N–H and O–H groups in total.